The fourth-order valence-electron chi connectivity index (χ4n) is 1.75. The third-order valence-corrected chi connectivity index (χ3v) is 3.17. The van der Waals surface area contributed by atoms with Crippen molar-refractivity contribution >= 4 is 17.7 Å². The largest absolute Gasteiger partial charge is 0.467 e. The molecule has 5 nitrogen and oxygen atoms in total. The zero-order valence-electron chi connectivity index (χ0n) is 12.6. The number of benzene rings is 1. The number of anilines is 1. The summed E-state index contributed by atoms with van der Waals surface area (Å²) in [6, 6.07) is 4.57. The van der Waals surface area contributed by atoms with Gasteiger partial charge in [0.15, 0.2) is 0 Å². The van der Waals surface area contributed by atoms with E-state index in [1.807, 2.05) is 45.9 Å². The number of amides is 2. The number of esters is 1. The van der Waals surface area contributed by atoms with Gasteiger partial charge in [-0.05, 0) is 43.0 Å². The van der Waals surface area contributed by atoms with E-state index in [-0.39, 0.29) is 5.92 Å². The number of urea groups is 1. The summed E-state index contributed by atoms with van der Waals surface area (Å²) >= 11 is 0. The average molecular weight is 278 g/mol. The Morgan fingerprint density at radius 3 is 2.30 bits per heavy atom. The highest BCUT2D eigenvalue weighted by atomic mass is 16.5. The minimum atomic E-state index is -0.661. The van der Waals surface area contributed by atoms with Crippen LogP contribution in [-0.4, -0.2) is 25.2 Å². The van der Waals surface area contributed by atoms with Crippen molar-refractivity contribution in [3.8, 4) is 0 Å². The first-order valence-corrected chi connectivity index (χ1v) is 6.57. The van der Waals surface area contributed by atoms with E-state index in [4.69, 9.17) is 0 Å². The molecule has 1 aromatic carbocycles. The van der Waals surface area contributed by atoms with Gasteiger partial charge >= 0.3 is 12.0 Å². The fourth-order valence-corrected chi connectivity index (χ4v) is 1.75. The van der Waals surface area contributed by atoms with Crippen molar-refractivity contribution in [1.29, 1.82) is 0 Å². The second-order valence-corrected chi connectivity index (χ2v) is 5.14. The van der Waals surface area contributed by atoms with E-state index < -0.39 is 18.0 Å². The molecule has 2 N–H and O–H groups in total. The SMILES string of the molecule is COC(=O)C(NC(=O)Nc1ccc(C)c(C)c1)C(C)C. The first kappa shape index (κ1) is 16.0. The van der Waals surface area contributed by atoms with E-state index in [2.05, 4.69) is 15.4 Å². The van der Waals surface area contributed by atoms with Crippen LogP contribution in [0.4, 0.5) is 10.5 Å². The first-order chi connectivity index (χ1) is 9.35. The van der Waals surface area contributed by atoms with E-state index in [1.165, 1.54) is 7.11 Å². The highest BCUT2D eigenvalue weighted by Crippen LogP contribution is 2.14. The number of nitrogens with one attached hydrogen (secondary N) is 2. The summed E-state index contributed by atoms with van der Waals surface area (Å²) in [4.78, 5) is 23.5. The van der Waals surface area contributed by atoms with E-state index in [9.17, 15) is 9.59 Å². The van der Waals surface area contributed by atoms with Gasteiger partial charge in [0.2, 0.25) is 0 Å². The lowest BCUT2D eigenvalue weighted by Crippen LogP contribution is -2.46. The molecular weight excluding hydrogens is 256 g/mol. The Bertz CT molecular complexity index is 498. The van der Waals surface area contributed by atoms with Gasteiger partial charge in [-0.2, -0.15) is 0 Å². The molecule has 1 atom stereocenters. The summed E-state index contributed by atoms with van der Waals surface area (Å²) < 4.78 is 4.68. The van der Waals surface area contributed by atoms with Crippen LogP contribution in [0.25, 0.3) is 0 Å². The Balaban J connectivity index is 2.70. The molecular formula is C15H22N2O3. The van der Waals surface area contributed by atoms with Crippen LogP contribution in [0, 0.1) is 19.8 Å². The van der Waals surface area contributed by atoms with Crippen molar-refractivity contribution in [3.63, 3.8) is 0 Å². The third-order valence-electron chi connectivity index (χ3n) is 3.17. The molecule has 2 amide bonds. The summed E-state index contributed by atoms with van der Waals surface area (Å²) in [5.74, 6) is -0.497. The predicted molar refractivity (Wildman–Crippen MR) is 78.7 cm³/mol. The van der Waals surface area contributed by atoms with Crippen LogP contribution in [0.15, 0.2) is 18.2 Å². The van der Waals surface area contributed by atoms with E-state index >= 15 is 0 Å². The van der Waals surface area contributed by atoms with Crippen LogP contribution in [0.1, 0.15) is 25.0 Å². The lowest BCUT2D eigenvalue weighted by atomic mass is 10.1. The van der Waals surface area contributed by atoms with Gasteiger partial charge in [-0.1, -0.05) is 19.9 Å². The van der Waals surface area contributed by atoms with Gasteiger partial charge in [0.1, 0.15) is 6.04 Å². The minimum Gasteiger partial charge on any atom is -0.467 e. The lowest BCUT2D eigenvalue weighted by molar-refractivity contribution is -0.143. The second-order valence-electron chi connectivity index (χ2n) is 5.14. The number of carbonyl (C=O) groups excluding carboxylic acids is 2. The van der Waals surface area contributed by atoms with Crippen LogP contribution >= 0.6 is 0 Å². The monoisotopic (exact) mass is 278 g/mol. The molecule has 0 aliphatic carbocycles. The topological polar surface area (TPSA) is 67.4 Å². The number of hydrogen-bond acceptors (Lipinski definition) is 3. The zero-order chi connectivity index (χ0) is 15.3. The van der Waals surface area contributed by atoms with Crippen LogP contribution in [0.3, 0.4) is 0 Å². The number of rotatable bonds is 4. The number of methoxy groups -OCH3 is 1. The average Bonchev–Trinajstić information content (AvgIpc) is 2.39. The molecule has 0 spiro atoms. The van der Waals surface area contributed by atoms with Crippen molar-refractivity contribution in [1.82, 2.24) is 5.32 Å². The summed E-state index contributed by atoms with van der Waals surface area (Å²) in [6.07, 6.45) is 0. The van der Waals surface area contributed by atoms with Crippen molar-refractivity contribution in [2.75, 3.05) is 12.4 Å². The Morgan fingerprint density at radius 1 is 1.15 bits per heavy atom. The van der Waals surface area contributed by atoms with Crippen molar-refractivity contribution in [3.05, 3.63) is 29.3 Å². The molecule has 0 bridgehead atoms. The molecule has 110 valence electrons. The molecule has 0 aliphatic heterocycles. The third kappa shape index (κ3) is 4.26. The minimum absolute atomic E-state index is 0.0482. The van der Waals surface area contributed by atoms with Gasteiger partial charge in [0.05, 0.1) is 7.11 Å². The maximum absolute atomic E-state index is 11.9. The maximum atomic E-state index is 11.9. The molecule has 20 heavy (non-hydrogen) atoms. The molecule has 0 saturated carbocycles. The highest BCUT2D eigenvalue weighted by Gasteiger charge is 2.24. The molecule has 0 saturated heterocycles. The molecule has 0 radical (unpaired) electrons. The number of carbonyl (C=O) groups is 2. The molecule has 0 heterocycles. The number of hydrogen-bond donors (Lipinski definition) is 2. The molecule has 0 aliphatic rings. The smallest absolute Gasteiger partial charge is 0.328 e. The normalized spacial score (nSPS) is 11.9. The maximum Gasteiger partial charge on any atom is 0.328 e. The van der Waals surface area contributed by atoms with Gasteiger partial charge in [0, 0.05) is 5.69 Å². The van der Waals surface area contributed by atoms with Gasteiger partial charge < -0.3 is 15.4 Å². The molecule has 5 heteroatoms. The quantitative estimate of drug-likeness (QED) is 0.832. The van der Waals surface area contributed by atoms with Crippen LogP contribution in [0.2, 0.25) is 0 Å². The number of ether oxygens (including phenoxy) is 1. The first-order valence-electron chi connectivity index (χ1n) is 6.57. The van der Waals surface area contributed by atoms with Gasteiger partial charge in [-0.15, -0.1) is 0 Å². The number of aryl methyl sites for hydroxylation is 2. The fraction of sp³-hybridized carbons (Fsp3) is 0.467. The molecule has 0 fully saturated rings. The lowest BCUT2D eigenvalue weighted by Gasteiger charge is -2.20. The Labute approximate surface area is 119 Å². The van der Waals surface area contributed by atoms with Crippen LogP contribution in [-0.2, 0) is 9.53 Å². The van der Waals surface area contributed by atoms with Crippen LogP contribution < -0.4 is 10.6 Å². The highest BCUT2D eigenvalue weighted by molar-refractivity contribution is 5.92. The standard InChI is InChI=1S/C15H22N2O3/c1-9(2)13(14(18)20-5)17-15(19)16-12-7-6-10(3)11(4)8-12/h6-9,13H,1-5H3,(H2,16,17,19). The molecule has 1 rings (SSSR count). The van der Waals surface area contributed by atoms with Crippen LogP contribution in [0.5, 0.6) is 0 Å². The summed E-state index contributed by atoms with van der Waals surface area (Å²) in [6.45, 7) is 7.67. The van der Waals surface area contributed by atoms with Gasteiger partial charge in [-0.25, -0.2) is 9.59 Å². The summed E-state index contributed by atoms with van der Waals surface area (Å²) in [5.41, 5.74) is 2.94. The predicted octanol–water partition coefficient (Wildman–Crippen LogP) is 2.62. The molecule has 0 aromatic heterocycles. The summed E-state index contributed by atoms with van der Waals surface area (Å²) in [5, 5.41) is 5.34. The van der Waals surface area contributed by atoms with Crippen molar-refractivity contribution < 1.29 is 14.3 Å². The Morgan fingerprint density at radius 2 is 1.80 bits per heavy atom. The Hall–Kier alpha value is -2.04. The molecule has 1 aromatic rings. The second kappa shape index (κ2) is 6.93. The molecule has 1 unspecified atom stereocenters. The van der Waals surface area contributed by atoms with Gasteiger partial charge in [-0.3, -0.25) is 0 Å². The van der Waals surface area contributed by atoms with Crippen molar-refractivity contribution in [2.24, 2.45) is 5.92 Å². The summed E-state index contributed by atoms with van der Waals surface area (Å²) in [7, 11) is 1.31. The van der Waals surface area contributed by atoms with E-state index in [1.54, 1.807) is 0 Å². The van der Waals surface area contributed by atoms with E-state index in [0.29, 0.717) is 5.69 Å². The van der Waals surface area contributed by atoms with Crippen molar-refractivity contribution in [2.45, 2.75) is 33.7 Å². The zero-order valence-corrected chi connectivity index (χ0v) is 12.6. The Kier molecular flexibility index (Phi) is 5.55. The van der Waals surface area contributed by atoms with E-state index in [0.717, 1.165) is 11.1 Å². The van der Waals surface area contributed by atoms with Gasteiger partial charge in [0.25, 0.3) is 0 Å².